The van der Waals surface area contributed by atoms with Crippen LogP contribution in [0.25, 0.3) is 0 Å². The van der Waals surface area contributed by atoms with Gasteiger partial charge in [0.1, 0.15) is 0 Å². The molecule has 0 aliphatic carbocycles. The van der Waals surface area contributed by atoms with Crippen molar-refractivity contribution in [2.24, 2.45) is 0 Å². The molecule has 0 aromatic heterocycles. The van der Waals surface area contributed by atoms with E-state index in [1.165, 1.54) is 5.56 Å². The standard InChI is InChI=1S/C8H10OS/c1-6-3-4-7(2)8(5-6)10-9/h3-5,9H,1-2H3. The second-order valence-corrected chi connectivity index (χ2v) is 2.98. The van der Waals surface area contributed by atoms with E-state index < -0.39 is 0 Å². The lowest BCUT2D eigenvalue weighted by Gasteiger charge is -2.00. The van der Waals surface area contributed by atoms with Crippen LogP contribution < -0.4 is 0 Å². The molecule has 0 spiro atoms. The van der Waals surface area contributed by atoms with Gasteiger partial charge in [0.05, 0.1) is 0 Å². The smallest absolute Gasteiger partial charge is 0.0382 e. The van der Waals surface area contributed by atoms with E-state index in [2.05, 4.69) is 0 Å². The van der Waals surface area contributed by atoms with Crippen LogP contribution in [0.3, 0.4) is 0 Å². The molecule has 0 amide bonds. The van der Waals surface area contributed by atoms with Gasteiger partial charge in [-0.1, -0.05) is 12.1 Å². The summed E-state index contributed by atoms with van der Waals surface area (Å²) in [6, 6.07) is 6.02. The molecule has 0 aliphatic heterocycles. The highest BCUT2D eigenvalue weighted by molar-refractivity contribution is 7.93. The Morgan fingerprint density at radius 3 is 2.50 bits per heavy atom. The zero-order valence-corrected chi connectivity index (χ0v) is 6.90. The first kappa shape index (κ1) is 7.63. The third kappa shape index (κ3) is 1.52. The topological polar surface area (TPSA) is 20.2 Å². The molecule has 0 aliphatic rings. The van der Waals surface area contributed by atoms with Gasteiger partial charge in [0.15, 0.2) is 0 Å². The van der Waals surface area contributed by atoms with Gasteiger partial charge in [-0.2, -0.15) is 0 Å². The molecule has 1 N–H and O–H groups in total. The van der Waals surface area contributed by atoms with E-state index in [-0.39, 0.29) is 0 Å². The molecule has 1 rings (SSSR count). The second kappa shape index (κ2) is 3.08. The van der Waals surface area contributed by atoms with Gasteiger partial charge < -0.3 is 4.55 Å². The molecule has 0 saturated carbocycles. The lowest BCUT2D eigenvalue weighted by atomic mass is 10.2. The molecular weight excluding hydrogens is 144 g/mol. The summed E-state index contributed by atoms with van der Waals surface area (Å²) in [4.78, 5) is 0.944. The Morgan fingerprint density at radius 1 is 1.30 bits per heavy atom. The summed E-state index contributed by atoms with van der Waals surface area (Å²) < 4.78 is 8.76. The molecule has 1 aromatic carbocycles. The van der Waals surface area contributed by atoms with Crippen molar-refractivity contribution in [3.8, 4) is 0 Å². The molecule has 1 aromatic rings. The van der Waals surface area contributed by atoms with E-state index >= 15 is 0 Å². The fraction of sp³-hybridized carbons (Fsp3) is 0.250. The van der Waals surface area contributed by atoms with Crippen molar-refractivity contribution in [1.82, 2.24) is 0 Å². The molecule has 54 valence electrons. The molecule has 0 saturated heterocycles. The van der Waals surface area contributed by atoms with Crippen LogP contribution in [0.5, 0.6) is 0 Å². The molecule has 0 radical (unpaired) electrons. The fourth-order valence-corrected chi connectivity index (χ4v) is 1.26. The van der Waals surface area contributed by atoms with E-state index in [1.54, 1.807) is 0 Å². The maximum Gasteiger partial charge on any atom is 0.0382 e. The largest absolute Gasteiger partial charge is 0.325 e. The zero-order valence-electron chi connectivity index (χ0n) is 6.09. The Morgan fingerprint density at radius 2 is 2.00 bits per heavy atom. The monoisotopic (exact) mass is 154 g/mol. The molecule has 0 fully saturated rings. The molecule has 10 heavy (non-hydrogen) atoms. The molecule has 0 atom stereocenters. The SMILES string of the molecule is Cc1ccc(C)c(SO)c1. The number of rotatable bonds is 1. The van der Waals surface area contributed by atoms with Crippen LogP contribution in [-0.4, -0.2) is 4.55 Å². The highest BCUT2D eigenvalue weighted by Gasteiger charge is 1.95. The lowest BCUT2D eigenvalue weighted by Crippen LogP contribution is -1.79. The Balaban J connectivity index is 3.09. The van der Waals surface area contributed by atoms with E-state index in [4.69, 9.17) is 4.55 Å². The van der Waals surface area contributed by atoms with Crippen LogP contribution in [0.1, 0.15) is 11.1 Å². The normalized spacial score (nSPS) is 9.90. The Bertz CT molecular complexity index is 233. The minimum atomic E-state index is 0.810. The maximum atomic E-state index is 8.76. The van der Waals surface area contributed by atoms with Crippen molar-refractivity contribution in [3.05, 3.63) is 29.3 Å². The molecule has 0 unspecified atom stereocenters. The summed E-state index contributed by atoms with van der Waals surface area (Å²) in [5, 5.41) is 0. The lowest BCUT2D eigenvalue weighted by molar-refractivity contribution is 0.663. The van der Waals surface area contributed by atoms with E-state index in [0.717, 1.165) is 22.5 Å². The summed E-state index contributed by atoms with van der Waals surface area (Å²) in [6.45, 7) is 4.00. The Hall–Kier alpha value is -0.470. The number of benzene rings is 1. The van der Waals surface area contributed by atoms with Crippen molar-refractivity contribution >= 4 is 12.0 Å². The molecule has 0 heterocycles. The summed E-state index contributed by atoms with van der Waals surface area (Å²) >= 11 is 0.810. The molecule has 1 nitrogen and oxygen atoms in total. The van der Waals surface area contributed by atoms with Gasteiger partial charge in [0, 0.05) is 16.9 Å². The van der Waals surface area contributed by atoms with Crippen LogP contribution in [0, 0.1) is 13.8 Å². The van der Waals surface area contributed by atoms with Crippen molar-refractivity contribution in [2.45, 2.75) is 18.7 Å². The van der Waals surface area contributed by atoms with Crippen LogP contribution in [-0.2, 0) is 0 Å². The summed E-state index contributed by atoms with van der Waals surface area (Å²) in [6.07, 6.45) is 0. The fourth-order valence-electron chi connectivity index (χ4n) is 0.806. The predicted molar refractivity (Wildman–Crippen MR) is 44.4 cm³/mol. The van der Waals surface area contributed by atoms with Gasteiger partial charge in [0.2, 0.25) is 0 Å². The average Bonchev–Trinajstić information content (AvgIpc) is 1.94. The molecular formula is C8H10OS. The number of hydrogen-bond donors (Lipinski definition) is 1. The number of aryl methyl sites for hydroxylation is 2. The van der Waals surface area contributed by atoms with Gasteiger partial charge in [0.25, 0.3) is 0 Å². The first-order chi connectivity index (χ1) is 4.74. The predicted octanol–water partition coefficient (Wildman–Crippen LogP) is 2.87. The second-order valence-electron chi connectivity index (χ2n) is 2.36. The van der Waals surface area contributed by atoms with Gasteiger partial charge in [-0.05, 0) is 31.0 Å². The maximum absolute atomic E-state index is 8.76. The van der Waals surface area contributed by atoms with E-state index in [9.17, 15) is 0 Å². The first-order valence-corrected chi connectivity index (χ1v) is 3.90. The van der Waals surface area contributed by atoms with Crippen LogP contribution in [0.2, 0.25) is 0 Å². The van der Waals surface area contributed by atoms with Crippen LogP contribution in [0.4, 0.5) is 0 Å². The zero-order chi connectivity index (χ0) is 7.56. The van der Waals surface area contributed by atoms with Gasteiger partial charge in [-0.3, -0.25) is 0 Å². The van der Waals surface area contributed by atoms with Crippen molar-refractivity contribution < 1.29 is 4.55 Å². The van der Waals surface area contributed by atoms with Crippen molar-refractivity contribution in [3.63, 3.8) is 0 Å². The summed E-state index contributed by atoms with van der Waals surface area (Å²) in [5.41, 5.74) is 2.31. The quantitative estimate of drug-likeness (QED) is 0.628. The van der Waals surface area contributed by atoms with Crippen LogP contribution >= 0.6 is 12.0 Å². The third-order valence-electron chi connectivity index (χ3n) is 1.44. The first-order valence-electron chi connectivity index (χ1n) is 3.12. The van der Waals surface area contributed by atoms with Crippen LogP contribution in [0.15, 0.2) is 23.1 Å². The Kier molecular flexibility index (Phi) is 2.35. The minimum Gasteiger partial charge on any atom is -0.325 e. The summed E-state index contributed by atoms with van der Waals surface area (Å²) in [5.74, 6) is 0. The van der Waals surface area contributed by atoms with Crippen molar-refractivity contribution in [2.75, 3.05) is 0 Å². The van der Waals surface area contributed by atoms with Gasteiger partial charge in [-0.15, -0.1) is 0 Å². The van der Waals surface area contributed by atoms with Crippen molar-refractivity contribution in [1.29, 1.82) is 0 Å². The highest BCUT2D eigenvalue weighted by Crippen LogP contribution is 2.19. The van der Waals surface area contributed by atoms with Gasteiger partial charge >= 0.3 is 0 Å². The molecule has 0 bridgehead atoms. The summed E-state index contributed by atoms with van der Waals surface area (Å²) in [7, 11) is 0. The average molecular weight is 154 g/mol. The van der Waals surface area contributed by atoms with E-state index in [0.29, 0.717) is 0 Å². The number of hydrogen-bond acceptors (Lipinski definition) is 2. The molecule has 2 heteroatoms. The Labute approximate surface area is 65.3 Å². The van der Waals surface area contributed by atoms with Gasteiger partial charge in [-0.25, -0.2) is 0 Å². The van der Waals surface area contributed by atoms with E-state index in [1.807, 2.05) is 32.0 Å². The highest BCUT2D eigenvalue weighted by atomic mass is 32.2. The minimum absolute atomic E-state index is 0.810. The third-order valence-corrected chi connectivity index (χ3v) is 2.08.